The highest BCUT2D eigenvalue weighted by Crippen LogP contribution is 2.24. The molecule has 0 bridgehead atoms. The summed E-state index contributed by atoms with van der Waals surface area (Å²) in [4.78, 5) is 110. The predicted octanol–water partition coefficient (Wildman–Crippen LogP) is 10.2. The van der Waals surface area contributed by atoms with Crippen LogP contribution in [0.4, 0.5) is 21.0 Å². The Bertz CT molecular complexity index is 3340. The molecule has 0 aliphatic rings. The monoisotopic (exact) mass is 1300 g/mol. The van der Waals surface area contributed by atoms with E-state index in [9.17, 15) is 38.4 Å². The van der Waals surface area contributed by atoms with Crippen molar-refractivity contribution in [3.63, 3.8) is 0 Å². The molecule has 24 nitrogen and oxygen atoms in total. The molecule has 0 heterocycles. The third-order valence-electron chi connectivity index (χ3n) is 14.4. The minimum absolute atomic E-state index is 0.126. The molecule has 4 N–H and O–H groups in total. The van der Waals surface area contributed by atoms with Crippen LogP contribution in [0.15, 0.2) is 194 Å². The SMILES string of the molecule is COc1ccc(C(=O)OCC(COC(=O)c2ccc(OC)cc2)(COC(=O)c2ccc(OC)cc2)NC(=O)Nc2ccc(Cc3ccc(NC(=O)NC(COC(=O)c4ccc(OC)cc4)(COC(=O)c4ccc(OC)cc4)COC(=O)c4ccc(OC)cc4)cc3)cc2)cc1. The maximum absolute atomic E-state index is 14.1. The zero-order valence-corrected chi connectivity index (χ0v) is 52.6. The summed E-state index contributed by atoms with van der Waals surface area (Å²) in [6.45, 7) is -3.97. The molecule has 8 aromatic rings. The Hall–Kier alpha value is -12.1. The number of carbonyl (C=O) groups is 8. The van der Waals surface area contributed by atoms with Crippen molar-refractivity contribution in [2.75, 3.05) is 92.9 Å². The average Bonchev–Trinajstić information content (AvgIpc) is 0.877. The highest BCUT2D eigenvalue weighted by Gasteiger charge is 2.40. The molecule has 0 saturated carbocycles. The minimum Gasteiger partial charge on any atom is -0.497 e. The first-order valence-electron chi connectivity index (χ1n) is 29.2. The fraction of sp³-hybridized carbons (Fsp3) is 0.211. The second kappa shape index (κ2) is 33.3. The first-order chi connectivity index (χ1) is 45.9. The Morgan fingerprint density at radius 1 is 0.263 bits per heavy atom. The minimum atomic E-state index is -1.91. The maximum atomic E-state index is 14.1. The van der Waals surface area contributed by atoms with Gasteiger partial charge < -0.3 is 78.1 Å². The maximum Gasteiger partial charge on any atom is 0.338 e. The number of amides is 4. The van der Waals surface area contributed by atoms with E-state index in [-0.39, 0.29) is 33.4 Å². The van der Waals surface area contributed by atoms with Gasteiger partial charge in [0.25, 0.3) is 0 Å². The molecule has 0 aromatic heterocycles. The van der Waals surface area contributed by atoms with Gasteiger partial charge in [0, 0.05) is 11.4 Å². The third-order valence-corrected chi connectivity index (χ3v) is 14.4. The van der Waals surface area contributed by atoms with Crippen molar-refractivity contribution < 1.29 is 95.2 Å². The Kier molecular flexibility index (Phi) is 24.1. The molecular weight excluding hydrogens is 1230 g/mol. The van der Waals surface area contributed by atoms with Crippen molar-refractivity contribution in [3.05, 3.63) is 239 Å². The van der Waals surface area contributed by atoms with Gasteiger partial charge in [-0.25, -0.2) is 38.4 Å². The topological polar surface area (TPSA) is 295 Å². The first kappa shape index (κ1) is 68.8. The van der Waals surface area contributed by atoms with E-state index in [4.69, 9.17) is 56.8 Å². The summed E-state index contributed by atoms with van der Waals surface area (Å²) < 4.78 is 65.9. The van der Waals surface area contributed by atoms with Gasteiger partial charge in [0.2, 0.25) is 0 Å². The van der Waals surface area contributed by atoms with Crippen LogP contribution in [0, 0.1) is 0 Å². The molecule has 0 saturated heterocycles. The standard InChI is InChI=1S/C71H68N4O20/c1-84-56-27-11-48(12-28-56)62(76)90-40-70(41-91-63(77)49-13-29-57(85-2)30-14-49,42-92-64(78)50-15-31-58(86-3)32-16-50)74-68(82)72-54-23-7-46(8-24-54)39-47-9-25-55(26-10-47)73-69(83)75-71(43-93-65(79)51-17-33-59(87-4)34-18-51,44-94-66(80)52-19-35-60(88-5)36-20-52)45-95-67(81)53-21-37-61(89-6)38-22-53/h7-38H,39-45H2,1-6H3,(H2,72,74,82)(H2,73,75,83). The van der Waals surface area contributed by atoms with E-state index in [1.54, 1.807) is 121 Å². The van der Waals surface area contributed by atoms with Gasteiger partial charge >= 0.3 is 47.9 Å². The number of methoxy groups -OCH3 is 6. The van der Waals surface area contributed by atoms with Crippen molar-refractivity contribution >= 4 is 59.3 Å². The van der Waals surface area contributed by atoms with Crippen LogP contribution in [0.1, 0.15) is 73.3 Å². The fourth-order valence-electron chi connectivity index (χ4n) is 9.01. The molecule has 0 fully saturated rings. The lowest BCUT2D eigenvalue weighted by atomic mass is 10.0. The molecule has 95 heavy (non-hydrogen) atoms. The number of urea groups is 2. The number of anilines is 2. The summed E-state index contributed by atoms with van der Waals surface area (Å²) in [6.07, 6.45) is 0.378. The molecule has 24 heteroatoms. The van der Waals surface area contributed by atoms with Gasteiger partial charge in [-0.05, 0) is 187 Å². The lowest BCUT2D eigenvalue weighted by Crippen LogP contribution is -2.60. The largest absolute Gasteiger partial charge is 0.497 e. The van der Waals surface area contributed by atoms with Crippen LogP contribution in [0.25, 0.3) is 0 Å². The Morgan fingerprint density at radius 3 is 0.611 bits per heavy atom. The van der Waals surface area contributed by atoms with Crippen molar-refractivity contribution in [1.82, 2.24) is 10.6 Å². The van der Waals surface area contributed by atoms with E-state index in [1.165, 1.54) is 115 Å². The molecule has 8 aromatic carbocycles. The Morgan fingerprint density at radius 2 is 0.442 bits per heavy atom. The summed E-state index contributed by atoms with van der Waals surface area (Å²) in [5.74, 6) is -2.03. The Balaban J connectivity index is 0.971. The lowest BCUT2D eigenvalue weighted by Gasteiger charge is -2.33. The number of benzene rings is 8. The molecule has 0 radical (unpaired) electrons. The van der Waals surface area contributed by atoms with Gasteiger partial charge in [0.15, 0.2) is 0 Å². The Labute approximate surface area is 546 Å². The second-order valence-corrected chi connectivity index (χ2v) is 21.1. The van der Waals surface area contributed by atoms with E-state index in [2.05, 4.69) is 21.3 Å². The van der Waals surface area contributed by atoms with Crippen LogP contribution in [0.5, 0.6) is 34.5 Å². The van der Waals surface area contributed by atoms with E-state index < -0.39 is 98.6 Å². The smallest absolute Gasteiger partial charge is 0.338 e. The van der Waals surface area contributed by atoms with Crippen LogP contribution in [-0.4, -0.2) is 141 Å². The molecule has 0 aliphatic carbocycles. The van der Waals surface area contributed by atoms with Crippen molar-refractivity contribution in [2.45, 2.75) is 17.5 Å². The molecule has 8 rings (SSSR count). The summed E-state index contributed by atoms with van der Waals surface area (Å²) in [7, 11) is 8.82. The van der Waals surface area contributed by atoms with E-state index >= 15 is 0 Å². The van der Waals surface area contributed by atoms with Gasteiger partial charge in [-0.1, -0.05) is 24.3 Å². The predicted molar refractivity (Wildman–Crippen MR) is 345 cm³/mol. The lowest BCUT2D eigenvalue weighted by molar-refractivity contribution is -0.0126. The number of carbonyl (C=O) groups excluding carboxylic acids is 8. The van der Waals surface area contributed by atoms with Gasteiger partial charge in [-0.3, -0.25) is 0 Å². The van der Waals surface area contributed by atoms with Crippen LogP contribution in [-0.2, 0) is 34.8 Å². The molecule has 0 spiro atoms. The van der Waals surface area contributed by atoms with Gasteiger partial charge in [-0.2, -0.15) is 0 Å². The van der Waals surface area contributed by atoms with E-state index in [0.717, 1.165) is 11.1 Å². The number of esters is 6. The number of nitrogens with one attached hydrogen (secondary N) is 4. The fourth-order valence-corrected chi connectivity index (χ4v) is 9.01. The molecule has 0 atom stereocenters. The second-order valence-electron chi connectivity index (χ2n) is 21.1. The van der Waals surface area contributed by atoms with E-state index in [1.807, 2.05) is 0 Å². The zero-order chi connectivity index (χ0) is 67.7. The molecule has 0 unspecified atom stereocenters. The quantitative estimate of drug-likeness (QED) is 0.0240. The third kappa shape index (κ3) is 20.0. The number of hydrogen-bond donors (Lipinski definition) is 4. The van der Waals surface area contributed by atoms with Gasteiger partial charge in [0.05, 0.1) is 76.0 Å². The number of rotatable bonds is 30. The van der Waals surface area contributed by atoms with Gasteiger partial charge in [0.1, 0.15) is 85.2 Å². The van der Waals surface area contributed by atoms with Crippen molar-refractivity contribution in [3.8, 4) is 34.5 Å². The van der Waals surface area contributed by atoms with Crippen LogP contribution in [0.2, 0.25) is 0 Å². The van der Waals surface area contributed by atoms with Crippen LogP contribution in [0.3, 0.4) is 0 Å². The number of hydrogen-bond acceptors (Lipinski definition) is 20. The molecule has 4 amide bonds. The van der Waals surface area contributed by atoms with Crippen LogP contribution >= 0.6 is 0 Å². The molecule has 0 aliphatic heterocycles. The number of ether oxygens (including phenoxy) is 12. The normalized spacial score (nSPS) is 10.8. The van der Waals surface area contributed by atoms with Crippen LogP contribution < -0.4 is 49.7 Å². The highest BCUT2D eigenvalue weighted by atomic mass is 16.6. The highest BCUT2D eigenvalue weighted by molar-refractivity contribution is 5.94. The summed E-state index contributed by atoms with van der Waals surface area (Å²) in [6, 6.07) is 48.2. The molecular formula is C71H68N4O20. The van der Waals surface area contributed by atoms with Gasteiger partial charge in [-0.15, -0.1) is 0 Å². The molecule has 492 valence electrons. The zero-order valence-electron chi connectivity index (χ0n) is 52.6. The summed E-state index contributed by atoms with van der Waals surface area (Å²) in [5, 5.41) is 11.0. The van der Waals surface area contributed by atoms with Crippen molar-refractivity contribution in [2.24, 2.45) is 0 Å². The van der Waals surface area contributed by atoms with Crippen molar-refractivity contribution in [1.29, 1.82) is 0 Å². The first-order valence-corrected chi connectivity index (χ1v) is 29.2. The summed E-state index contributed by atoms with van der Waals surface area (Å²) >= 11 is 0. The summed E-state index contributed by atoms with van der Waals surface area (Å²) in [5.41, 5.74) is -0.845. The average molecular weight is 1300 g/mol. The van der Waals surface area contributed by atoms with E-state index in [0.29, 0.717) is 52.3 Å².